The maximum atomic E-state index is 10.1. The summed E-state index contributed by atoms with van der Waals surface area (Å²) in [6, 6.07) is 0. The van der Waals surface area contributed by atoms with Crippen LogP contribution in [-0.2, 0) is 9.57 Å². The normalized spacial score (nSPS) is 29.8. The smallest absolute Gasteiger partial charge is 0.294 e. The summed E-state index contributed by atoms with van der Waals surface area (Å²) in [5.74, 6) is 0.268. The summed E-state index contributed by atoms with van der Waals surface area (Å²) in [6.45, 7) is 3.04. The fourth-order valence-electron chi connectivity index (χ4n) is 1.45. The molecule has 0 aromatic rings. The summed E-state index contributed by atoms with van der Waals surface area (Å²) in [5, 5.41) is 9.32. The highest BCUT2D eigenvalue weighted by Crippen LogP contribution is 2.21. The lowest BCUT2D eigenvalue weighted by atomic mass is 9.95. The topological polar surface area (TPSA) is 61.6 Å². The van der Waals surface area contributed by atoms with Gasteiger partial charge >= 0.3 is 0 Å². The predicted molar refractivity (Wildman–Crippen MR) is 41.1 cm³/mol. The summed E-state index contributed by atoms with van der Waals surface area (Å²) in [7, 11) is 0. The van der Waals surface area contributed by atoms with E-state index in [4.69, 9.17) is 4.74 Å². The monoisotopic (exact) mass is 175 g/mol. The largest absolute Gasteiger partial charge is 0.379 e. The van der Waals surface area contributed by atoms with Crippen LogP contribution in [0.4, 0.5) is 0 Å². The minimum Gasteiger partial charge on any atom is -0.379 e. The molecule has 2 unspecified atom stereocenters. The first-order valence-corrected chi connectivity index (χ1v) is 4.13. The molecule has 0 spiro atoms. The summed E-state index contributed by atoms with van der Waals surface area (Å²) < 4.78 is 5.09. The maximum Gasteiger partial charge on any atom is 0.294 e. The molecule has 5 heteroatoms. The Morgan fingerprint density at radius 3 is 3.08 bits per heavy atom. The van der Waals surface area contributed by atoms with Crippen molar-refractivity contribution in [3.8, 4) is 0 Å². The average Bonchev–Trinajstić information content (AvgIpc) is 2.04. The van der Waals surface area contributed by atoms with Crippen LogP contribution in [0.3, 0.4) is 0 Å². The Morgan fingerprint density at radius 2 is 2.50 bits per heavy atom. The number of ether oxygens (including phenoxy) is 1. The molecule has 0 radical (unpaired) electrons. The lowest BCUT2D eigenvalue weighted by molar-refractivity contribution is -0.771. The van der Waals surface area contributed by atoms with E-state index in [-0.39, 0.29) is 12.0 Å². The van der Waals surface area contributed by atoms with E-state index in [2.05, 4.69) is 4.84 Å². The van der Waals surface area contributed by atoms with Gasteiger partial charge in [-0.1, -0.05) is 13.3 Å². The zero-order chi connectivity index (χ0) is 8.97. The molecule has 0 aliphatic carbocycles. The fraction of sp³-hybridized carbons (Fsp3) is 1.00. The molecule has 1 heterocycles. The van der Waals surface area contributed by atoms with Crippen molar-refractivity contribution in [2.24, 2.45) is 5.92 Å². The third-order valence-electron chi connectivity index (χ3n) is 2.19. The van der Waals surface area contributed by atoms with Gasteiger partial charge in [0.2, 0.25) is 0 Å². The standard InChI is InChI=1S/C7H13NO4/c1-2-6-3-4-11-5-7(6)12-8(9)10/h6-7H,2-5H2,1H3. The lowest BCUT2D eigenvalue weighted by Gasteiger charge is -2.28. The van der Waals surface area contributed by atoms with Gasteiger partial charge in [-0.3, -0.25) is 0 Å². The van der Waals surface area contributed by atoms with E-state index in [1.54, 1.807) is 0 Å². The molecule has 1 rings (SSSR count). The molecule has 0 N–H and O–H groups in total. The second-order valence-corrected chi connectivity index (χ2v) is 2.90. The van der Waals surface area contributed by atoms with E-state index in [1.807, 2.05) is 6.92 Å². The van der Waals surface area contributed by atoms with Gasteiger partial charge in [-0.05, 0) is 12.3 Å². The highest BCUT2D eigenvalue weighted by molar-refractivity contribution is 4.71. The predicted octanol–water partition coefficient (Wildman–Crippen LogP) is 1.01. The molecule has 0 saturated carbocycles. The zero-order valence-electron chi connectivity index (χ0n) is 7.06. The molecule has 1 aliphatic rings. The van der Waals surface area contributed by atoms with Crippen molar-refractivity contribution < 1.29 is 14.7 Å². The Bertz CT molecular complexity index is 161. The number of nitrogens with zero attached hydrogens (tertiary/aromatic N) is 1. The van der Waals surface area contributed by atoms with Crippen LogP contribution >= 0.6 is 0 Å². The quantitative estimate of drug-likeness (QED) is 0.474. The van der Waals surface area contributed by atoms with Crippen molar-refractivity contribution in [3.05, 3.63) is 10.1 Å². The van der Waals surface area contributed by atoms with Crippen molar-refractivity contribution in [3.63, 3.8) is 0 Å². The lowest BCUT2D eigenvalue weighted by Crippen LogP contribution is -2.35. The van der Waals surface area contributed by atoms with Crippen molar-refractivity contribution in [1.29, 1.82) is 0 Å². The first kappa shape index (κ1) is 9.25. The average molecular weight is 175 g/mol. The third-order valence-corrected chi connectivity index (χ3v) is 2.19. The molecule has 70 valence electrons. The molecule has 2 atom stereocenters. The first-order valence-electron chi connectivity index (χ1n) is 4.13. The van der Waals surface area contributed by atoms with Crippen LogP contribution < -0.4 is 0 Å². The molecule has 1 fully saturated rings. The van der Waals surface area contributed by atoms with Gasteiger partial charge in [-0.15, -0.1) is 10.1 Å². The molecular formula is C7H13NO4. The van der Waals surface area contributed by atoms with Gasteiger partial charge in [-0.25, -0.2) is 0 Å². The van der Waals surface area contributed by atoms with Crippen LogP contribution in [0.5, 0.6) is 0 Å². The van der Waals surface area contributed by atoms with Gasteiger partial charge in [0.1, 0.15) is 6.10 Å². The number of rotatable bonds is 3. The maximum absolute atomic E-state index is 10.1. The number of hydrogen-bond acceptors (Lipinski definition) is 4. The Balaban J connectivity index is 2.41. The van der Waals surface area contributed by atoms with Crippen molar-refractivity contribution in [2.45, 2.75) is 25.9 Å². The van der Waals surface area contributed by atoms with Crippen LogP contribution in [-0.4, -0.2) is 24.4 Å². The molecule has 5 nitrogen and oxygen atoms in total. The Kier molecular flexibility index (Phi) is 3.28. The van der Waals surface area contributed by atoms with E-state index in [1.165, 1.54) is 0 Å². The Morgan fingerprint density at radius 1 is 1.75 bits per heavy atom. The highest BCUT2D eigenvalue weighted by Gasteiger charge is 2.27. The molecule has 0 aromatic heterocycles. The summed E-state index contributed by atoms with van der Waals surface area (Å²) >= 11 is 0. The van der Waals surface area contributed by atoms with Gasteiger partial charge in [0.15, 0.2) is 0 Å². The first-order chi connectivity index (χ1) is 5.74. The molecule has 0 amide bonds. The fourth-order valence-corrected chi connectivity index (χ4v) is 1.45. The van der Waals surface area contributed by atoms with Crippen LogP contribution in [0, 0.1) is 16.0 Å². The van der Waals surface area contributed by atoms with E-state index in [0.29, 0.717) is 13.2 Å². The summed E-state index contributed by atoms with van der Waals surface area (Å²) in [6.07, 6.45) is 1.40. The van der Waals surface area contributed by atoms with Crippen molar-refractivity contribution in [2.75, 3.05) is 13.2 Å². The SMILES string of the molecule is CCC1CCOCC1O[N+](=O)[O-]. The van der Waals surface area contributed by atoms with E-state index in [9.17, 15) is 10.1 Å². The zero-order valence-corrected chi connectivity index (χ0v) is 7.06. The van der Waals surface area contributed by atoms with Crippen LogP contribution in [0.25, 0.3) is 0 Å². The minimum atomic E-state index is -0.734. The van der Waals surface area contributed by atoms with Gasteiger partial charge in [0.25, 0.3) is 5.09 Å². The van der Waals surface area contributed by atoms with Crippen molar-refractivity contribution >= 4 is 0 Å². The molecule has 1 saturated heterocycles. The Labute approximate surface area is 70.8 Å². The van der Waals surface area contributed by atoms with Crippen molar-refractivity contribution in [1.82, 2.24) is 0 Å². The number of hydrogen-bond donors (Lipinski definition) is 0. The summed E-state index contributed by atoms with van der Waals surface area (Å²) in [4.78, 5) is 14.5. The van der Waals surface area contributed by atoms with Gasteiger partial charge < -0.3 is 9.57 Å². The van der Waals surface area contributed by atoms with Gasteiger partial charge in [-0.2, -0.15) is 0 Å². The summed E-state index contributed by atoms with van der Waals surface area (Å²) in [5.41, 5.74) is 0. The highest BCUT2D eigenvalue weighted by atomic mass is 17.0. The van der Waals surface area contributed by atoms with Gasteiger partial charge in [0, 0.05) is 6.61 Å². The Hall–Kier alpha value is -0.840. The van der Waals surface area contributed by atoms with Crippen LogP contribution in [0.2, 0.25) is 0 Å². The second kappa shape index (κ2) is 4.25. The third kappa shape index (κ3) is 2.34. The van der Waals surface area contributed by atoms with Crippen LogP contribution in [0.1, 0.15) is 19.8 Å². The molecule has 0 aromatic carbocycles. The minimum absolute atomic E-state index is 0.268. The van der Waals surface area contributed by atoms with E-state index in [0.717, 1.165) is 12.8 Å². The van der Waals surface area contributed by atoms with E-state index >= 15 is 0 Å². The molecule has 12 heavy (non-hydrogen) atoms. The van der Waals surface area contributed by atoms with Gasteiger partial charge in [0.05, 0.1) is 6.61 Å². The molecule has 1 aliphatic heterocycles. The second-order valence-electron chi connectivity index (χ2n) is 2.90. The van der Waals surface area contributed by atoms with E-state index < -0.39 is 5.09 Å². The molecular weight excluding hydrogens is 162 g/mol. The van der Waals surface area contributed by atoms with Crippen LogP contribution in [0.15, 0.2) is 0 Å². The molecule has 0 bridgehead atoms.